The molecule has 2 aromatic carbocycles. The van der Waals surface area contributed by atoms with Crippen LogP contribution in [-0.4, -0.2) is 7.11 Å². The van der Waals surface area contributed by atoms with Crippen LogP contribution in [0.4, 0.5) is 0 Å². The SMILES string of the molecule is COc1cccc(C(C)NCc2ccc(C)c(Br)c2)c1. The molecule has 3 heteroatoms. The van der Waals surface area contributed by atoms with Crippen LogP contribution in [0.3, 0.4) is 0 Å². The van der Waals surface area contributed by atoms with Crippen molar-refractivity contribution in [3.63, 3.8) is 0 Å². The number of hydrogen-bond donors (Lipinski definition) is 1. The van der Waals surface area contributed by atoms with Crippen molar-refractivity contribution in [3.8, 4) is 5.75 Å². The number of hydrogen-bond acceptors (Lipinski definition) is 2. The predicted octanol–water partition coefficient (Wildman–Crippen LogP) is 4.62. The number of halogens is 1. The summed E-state index contributed by atoms with van der Waals surface area (Å²) in [5.41, 5.74) is 3.77. The van der Waals surface area contributed by atoms with Gasteiger partial charge in [0.15, 0.2) is 0 Å². The molecule has 2 aromatic rings. The Morgan fingerprint density at radius 3 is 2.70 bits per heavy atom. The largest absolute Gasteiger partial charge is 0.497 e. The molecule has 1 unspecified atom stereocenters. The minimum atomic E-state index is 0.283. The lowest BCUT2D eigenvalue weighted by molar-refractivity contribution is 0.413. The van der Waals surface area contributed by atoms with Crippen molar-refractivity contribution in [3.05, 3.63) is 63.6 Å². The van der Waals surface area contributed by atoms with Gasteiger partial charge in [0, 0.05) is 17.1 Å². The zero-order valence-electron chi connectivity index (χ0n) is 12.1. The predicted molar refractivity (Wildman–Crippen MR) is 87.1 cm³/mol. The summed E-state index contributed by atoms with van der Waals surface area (Å²) in [5.74, 6) is 0.897. The second kappa shape index (κ2) is 6.91. The molecular weight excluding hydrogens is 314 g/mol. The third-order valence-electron chi connectivity index (χ3n) is 3.44. The molecule has 1 atom stereocenters. The maximum absolute atomic E-state index is 5.26. The Morgan fingerprint density at radius 1 is 1.20 bits per heavy atom. The third kappa shape index (κ3) is 3.84. The minimum Gasteiger partial charge on any atom is -0.497 e. The summed E-state index contributed by atoms with van der Waals surface area (Å²) in [7, 11) is 1.70. The second-order valence-corrected chi connectivity index (χ2v) is 5.82. The number of nitrogens with one attached hydrogen (secondary N) is 1. The number of aryl methyl sites for hydroxylation is 1. The average Bonchev–Trinajstić information content (AvgIpc) is 2.48. The highest BCUT2D eigenvalue weighted by Gasteiger charge is 2.06. The summed E-state index contributed by atoms with van der Waals surface area (Å²) < 4.78 is 6.42. The molecule has 0 aliphatic carbocycles. The summed E-state index contributed by atoms with van der Waals surface area (Å²) >= 11 is 3.57. The fraction of sp³-hybridized carbons (Fsp3) is 0.294. The lowest BCUT2D eigenvalue weighted by Crippen LogP contribution is -2.18. The van der Waals surface area contributed by atoms with E-state index in [-0.39, 0.29) is 6.04 Å². The zero-order valence-corrected chi connectivity index (χ0v) is 13.7. The van der Waals surface area contributed by atoms with E-state index in [4.69, 9.17) is 4.74 Å². The molecule has 0 aliphatic heterocycles. The molecule has 2 nitrogen and oxygen atoms in total. The van der Waals surface area contributed by atoms with Crippen LogP contribution in [0.25, 0.3) is 0 Å². The van der Waals surface area contributed by atoms with E-state index in [1.165, 1.54) is 16.7 Å². The van der Waals surface area contributed by atoms with Crippen LogP contribution in [0.15, 0.2) is 46.9 Å². The second-order valence-electron chi connectivity index (χ2n) is 4.96. The summed E-state index contributed by atoms with van der Waals surface area (Å²) in [6.45, 7) is 5.11. The zero-order chi connectivity index (χ0) is 14.5. The van der Waals surface area contributed by atoms with Crippen molar-refractivity contribution in [2.24, 2.45) is 0 Å². The number of benzene rings is 2. The molecule has 0 saturated carbocycles. The van der Waals surface area contributed by atoms with Crippen molar-refractivity contribution < 1.29 is 4.74 Å². The third-order valence-corrected chi connectivity index (χ3v) is 4.30. The van der Waals surface area contributed by atoms with Gasteiger partial charge in [-0.25, -0.2) is 0 Å². The van der Waals surface area contributed by atoms with Crippen molar-refractivity contribution in [2.45, 2.75) is 26.4 Å². The molecule has 0 heterocycles. The van der Waals surface area contributed by atoms with Gasteiger partial charge in [-0.05, 0) is 48.7 Å². The van der Waals surface area contributed by atoms with Crippen LogP contribution in [0.1, 0.15) is 29.7 Å². The molecule has 2 rings (SSSR count). The number of ether oxygens (including phenoxy) is 1. The quantitative estimate of drug-likeness (QED) is 0.862. The molecule has 0 amide bonds. The Morgan fingerprint density at radius 2 is 2.00 bits per heavy atom. The Balaban J connectivity index is 2.00. The normalized spacial score (nSPS) is 12.2. The molecule has 1 N–H and O–H groups in total. The van der Waals surface area contributed by atoms with E-state index in [0.29, 0.717) is 0 Å². The molecule has 0 saturated heterocycles. The molecule has 0 spiro atoms. The standard InChI is InChI=1S/C17H20BrNO/c1-12-7-8-14(9-17(12)18)11-19-13(2)15-5-4-6-16(10-15)20-3/h4-10,13,19H,11H2,1-3H3. The van der Waals surface area contributed by atoms with Gasteiger partial charge >= 0.3 is 0 Å². The fourth-order valence-electron chi connectivity index (χ4n) is 2.05. The smallest absolute Gasteiger partial charge is 0.119 e. The van der Waals surface area contributed by atoms with Crippen molar-refractivity contribution in [1.82, 2.24) is 5.32 Å². The summed E-state index contributed by atoms with van der Waals surface area (Å²) in [4.78, 5) is 0. The number of rotatable bonds is 5. The van der Waals surface area contributed by atoms with Gasteiger partial charge in [0.05, 0.1) is 7.11 Å². The van der Waals surface area contributed by atoms with Gasteiger partial charge in [-0.2, -0.15) is 0 Å². The van der Waals surface area contributed by atoms with Gasteiger partial charge < -0.3 is 10.1 Å². The molecule has 106 valence electrons. The van der Waals surface area contributed by atoms with Crippen molar-refractivity contribution in [2.75, 3.05) is 7.11 Å². The van der Waals surface area contributed by atoms with E-state index < -0.39 is 0 Å². The first-order valence-electron chi connectivity index (χ1n) is 6.72. The van der Waals surface area contributed by atoms with E-state index >= 15 is 0 Å². The minimum absolute atomic E-state index is 0.283. The maximum Gasteiger partial charge on any atom is 0.119 e. The first kappa shape index (κ1) is 15.1. The molecule has 0 aromatic heterocycles. The summed E-state index contributed by atoms with van der Waals surface area (Å²) in [6.07, 6.45) is 0. The lowest BCUT2D eigenvalue weighted by Gasteiger charge is -2.15. The van der Waals surface area contributed by atoms with Gasteiger partial charge in [-0.3, -0.25) is 0 Å². The molecule has 0 aliphatic rings. The summed E-state index contributed by atoms with van der Waals surface area (Å²) in [6, 6.07) is 14.9. The van der Waals surface area contributed by atoms with Gasteiger partial charge in [0.25, 0.3) is 0 Å². The monoisotopic (exact) mass is 333 g/mol. The van der Waals surface area contributed by atoms with Crippen LogP contribution in [0.5, 0.6) is 5.75 Å². The highest BCUT2D eigenvalue weighted by molar-refractivity contribution is 9.10. The highest BCUT2D eigenvalue weighted by atomic mass is 79.9. The van der Waals surface area contributed by atoms with Gasteiger partial charge in [-0.1, -0.05) is 40.2 Å². The van der Waals surface area contributed by atoms with E-state index in [1.807, 2.05) is 12.1 Å². The Kier molecular flexibility index (Phi) is 5.21. The Labute approximate surface area is 129 Å². The average molecular weight is 334 g/mol. The van der Waals surface area contributed by atoms with Crippen molar-refractivity contribution >= 4 is 15.9 Å². The Bertz CT molecular complexity index is 583. The first-order chi connectivity index (χ1) is 9.60. The van der Waals surface area contributed by atoms with Crippen molar-refractivity contribution in [1.29, 1.82) is 0 Å². The van der Waals surface area contributed by atoms with E-state index in [1.54, 1.807) is 7.11 Å². The fourth-order valence-corrected chi connectivity index (χ4v) is 2.47. The number of methoxy groups -OCH3 is 1. The Hall–Kier alpha value is -1.32. The van der Waals surface area contributed by atoms with E-state index in [2.05, 4.69) is 65.4 Å². The lowest BCUT2D eigenvalue weighted by atomic mass is 10.1. The van der Waals surface area contributed by atoms with Crippen LogP contribution in [0, 0.1) is 6.92 Å². The van der Waals surface area contributed by atoms with E-state index in [9.17, 15) is 0 Å². The maximum atomic E-state index is 5.26. The first-order valence-corrected chi connectivity index (χ1v) is 7.52. The summed E-state index contributed by atoms with van der Waals surface area (Å²) in [5, 5.41) is 3.54. The van der Waals surface area contributed by atoms with Crippen LogP contribution < -0.4 is 10.1 Å². The topological polar surface area (TPSA) is 21.3 Å². The molecular formula is C17H20BrNO. The molecule has 0 fully saturated rings. The highest BCUT2D eigenvalue weighted by Crippen LogP contribution is 2.20. The van der Waals surface area contributed by atoms with Crippen LogP contribution in [0.2, 0.25) is 0 Å². The van der Waals surface area contributed by atoms with Gasteiger partial charge in [0.2, 0.25) is 0 Å². The molecule has 0 bridgehead atoms. The van der Waals surface area contributed by atoms with Gasteiger partial charge in [-0.15, -0.1) is 0 Å². The van der Waals surface area contributed by atoms with Gasteiger partial charge in [0.1, 0.15) is 5.75 Å². The van der Waals surface area contributed by atoms with E-state index in [0.717, 1.165) is 16.8 Å². The molecule has 20 heavy (non-hydrogen) atoms. The van der Waals surface area contributed by atoms with Crippen LogP contribution >= 0.6 is 15.9 Å². The van der Waals surface area contributed by atoms with Crippen LogP contribution in [-0.2, 0) is 6.54 Å². The molecule has 0 radical (unpaired) electrons.